The fraction of sp³-hybridized carbons (Fsp3) is 0.692. The third-order valence-corrected chi connectivity index (χ3v) is 6.21. The summed E-state index contributed by atoms with van der Waals surface area (Å²) in [6.45, 7) is 3.46. The van der Waals surface area contributed by atoms with Crippen molar-refractivity contribution in [2.75, 3.05) is 33.4 Å². The maximum Gasteiger partial charge on any atom is 0.107 e. The van der Waals surface area contributed by atoms with Crippen LogP contribution in [0.3, 0.4) is 0 Å². The van der Waals surface area contributed by atoms with Crippen molar-refractivity contribution >= 4 is 38.9 Å². The van der Waals surface area contributed by atoms with Gasteiger partial charge in [-0.1, -0.05) is 11.6 Å². The van der Waals surface area contributed by atoms with Gasteiger partial charge in [-0.2, -0.15) is 0 Å². The molecule has 2 rings (SSSR count). The molecule has 0 aromatic carbocycles. The zero-order valence-electron chi connectivity index (χ0n) is 11.1. The Bertz CT molecular complexity index is 390. The largest absolute Gasteiger partial charge is 0.381 e. The van der Waals surface area contributed by atoms with E-state index in [1.807, 2.05) is 0 Å². The van der Waals surface area contributed by atoms with Crippen LogP contribution in [0.2, 0.25) is 4.34 Å². The monoisotopic (exact) mass is 366 g/mol. The first-order valence-corrected chi connectivity index (χ1v) is 8.53. The molecule has 1 aliphatic rings. The molecule has 0 saturated carbocycles. The Morgan fingerprint density at radius 3 is 2.79 bits per heavy atom. The van der Waals surface area contributed by atoms with Crippen LogP contribution >= 0.6 is 38.9 Å². The molecule has 1 aliphatic heterocycles. The van der Waals surface area contributed by atoms with Crippen LogP contribution in [0, 0.1) is 5.92 Å². The molecule has 3 nitrogen and oxygen atoms in total. The summed E-state index contributed by atoms with van der Waals surface area (Å²) in [6, 6.07) is 2.34. The molecule has 19 heavy (non-hydrogen) atoms. The summed E-state index contributed by atoms with van der Waals surface area (Å²) in [5.41, 5.74) is 5.95. The third-order valence-electron chi connectivity index (χ3n) is 3.64. The Labute approximate surface area is 132 Å². The maximum absolute atomic E-state index is 6.12. The number of halogens is 2. The molecule has 1 aromatic rings. The van der Waals surface area contributed by atoms with Gasteiger partial charge in [0.05, 0.1) is 6.04 Å². The van der Waals surface area contributed by atoms with Gasteiger partial charge in [-0.25, -0.2) is 0 Å². The van der Waals surface area contributed by atoms with Crippen molar-refractivity contribution in [3.8, 4) is 0 Å². The smallest absolute Gasteiger partial charge is 0.107 e. The van der Waals surface area contributed by atoms with Gasteiger partial charge in [0.25, 0.3) is 0 Å². The van der Waals surface area contributed by atoms with Crippen molar-refractivity contribution in [1.82, 2.24) is 4.90 Å². The number of hydrogen-bond acceptors (Lipinski definition) is 4. The van der Waals surface area contributed by atoms with E-state index in [4.69, 9.17) is 22.1 Å². The van der Waals surface area contributed by atoms with Crippen molar-refractivity contribution < 1.29 is 4.74 Å². The Kier molecular flexibility index (Phi) is 6.11. The normalized spacial score (nSPS) is 19.0. The van der Waals surface area contributed by atoms with E-state index >= 15 is 0 Å². The minimum absolute atomic E-state index is 0.247. The molecule has 0 aliphatic carbocycles. The van der Waals surface area contributed by atoms with E-state index in [0.717, 1.165) is 41.4 Å². The van der Waals surface area contributed by atoms with Gasteiger partial charge in [0.1, 0.15) is 4.34 Å². The molecular formula is C13H20BrClN2OS. The molecule has 2 heterocycles. The number of rotatable bonds is 5. The average Bonchev–Trinajstić information content (AvgIpc) is 2.71. The highest BCUT2D eigenvalue weighted by molar-refractivity contribution is 9.10. The van der Waals surface area contributed by atoms with Crippen LogP contribution in [-0.2, 0) is 4.74 Å². The zero-order chi connectivity index (χ0) is 13.8. The van der Waals surface area contributed by atoms with Crippen LogP contribution < -0.4 is 5.73 Å². The van der Waals surface area contributed by atoms with E-state index in [-0.39, 0.29) is 6.04 Å². The van der Waals surface area contributed by atoms with Gasteiger partial charge in [-0.05, 0) is 47.8 Å². The van der Waals surface area contributed by atoms with Gasteiger partial charge in [0, 0.05) is 35.7 Å². The summed E-state index contributed by atoms with van der Waals surface area (Å²) < 4.78 is 7.17. The minimum atomic E-state index is 0.247. The Morgan fingerprint density at radius 1 is 1.58 bits per heavy atom. The van der Waals surface area contributed by atoms with Crippen molar-refractivity contribution in [3.05, 3.63) is 19.8 Å². The summed E-state index contributed by atoms with van der Waals surface area (Å²) >= 11 is 11.2. The molecule has 0 bridgehead atoms. The van der Waals surface area contributed by atoms with Gasteiger partial charge in [0.15, 0.2) is 0 Å². The van der Waals surface area contributed by atoms with Crippen LogP contribution in [0.25, 0.3) is 0 Å². The predicted molar refractivity (Wildman–Crippen MR) is 85.0 cm³/mol. The molecule has 1 aromatic heterocycles. The first kappa shape index (κ1) is 15.7. The molecule has 6 heteroatoms. The number of nitrogens with two attached hydrogens (primary N) is 1. The molecule has 108 valence electrons. The standard InChI is InChI=1S/C13H20BrClN2OS/c1-17(8-9-2-4-18-5-3-9)11(7-16)12-6-10(14)13(15)19-12/h6,9,11H,2-5,7-8,16H2,1H3. The summed E-state index contributed by atoms with van der Waals surface area (Å²) in [6.07, 6.45) is 2.30. The first-order valence-electron chi connectivity index (χ1n) is 6.54. The van der Waals surface area contributed by atoms with E-state index < -0.39 is 0 Å². The maximum atomic E-state index is 6.12. The van der Waals surface area contributed by atoms with Gasteiger partial charge in [0.2, 0.25) is 0 Å². The minimum Gasteiger partial charge on any atom is -0.381 e. The molecule has 0 spiro atoms. The highest BCUT2D eigenvalue weighted by Gasteiger charge is 2.23. The van der Waals surface area contributed by atoms with Gasteiger partial charge in [-0.3, -0.25) is 4.90 Å². The van der Waals surface area contributed by atoms with Crippen LogP contribution in [0.4, 0.5) is 0 Å². The van der Waals surface area contributed by atoms with Crippen molar-refractivity contribution in [1.29, 1.82) is 0 Å². The fourth-order valence-electron chi connectivity index (χ4n) is 2.50. The van der Waals surface area contributed by atoms with Crippen LogP contribution in [0.5, 0.6) is 0 Å². The second-order valence-electron chi connectivity index (χ2n) is 5.02. The number of ether oxygens (including phenoxy) is 1. The van der Waals surface area contributed by atoms with E-state index in [2.05, 4.69) is 33.9 Å². The molecule has 2 N–H and O–H groups in total. The van der Waals surface area contributed by atoms with E-state index in [9.17, 15) is 0 Å². The Morgan fingerprint density at radius 2 is 2.26 bits per heavy atom. The lowest BCUT2D eigenvalue weighted by Gasteiger charge is -2.31. The number of likely N-dealkylation sites (N-methyl/N-ethyl adjacent to an activating group) is 1. The SMILES string of the molecule is CN(CC1CCOCC1)C(CN)c1cc(Br)c(Cl)s1. The lowest BCUT2D eigenvalue weighted by Crippen LogP contribution is -2.35. The Balaban J connectivity index is 1.99. The van der Waals surface area contributed by atoms with Crippen molar-refractivity contribution in [2.45, 2.75) is 18.9 Å². The van der Waals surface area contributed by atoms with Crippen LogP contribution in [-0.4, -0.2) is 38.3 Å². The number of thiophene rings is 1. The lowest BCUT2D eigenvalue weighted by atomic mass is 9.99. The molecule has 1 atom stereocenters. The number of nitrogens with zero attached hydrogens (tertiary/aromatic N) is 1. The molecule has 0 radical (unpaired) electrons. The Hall–Kier alpha value is 0.350. The summed E-state index contributed by atoms with van der Waals surface area (Å²) in [7, 11) is 2.15. The van der Waals surface area contributed by atoms with Crippen LogP contribution in [0.15, 0.2) is 10.5 Å². The quantitative estimate of drug-likeness (QED) is 0.865. The lowest BCUT2D eigenvalue weighted by molar-refractivity contribution is 0.0509. The molecule has 1 fully saturated rings. The second kappa shape index (κ2) is 7.38. The average molecular weight is 368 g/mol. The molecule has 1 unspecified atom stereocenters. The van der Waals surface area contributed by atoms with Gasteiger partial charge in [-0.15, -0.1) is 11.3 Å². The van der Waals surface area contributed by atoms with E-state index in [1.54, 1.807) is 11.3 Å². The van der Waals surface area contributed by atoms with Gasteiger partial charge >= 0.3 is 0 Å². The molecular weight excluding hydrogens is 348 g/mol. The highest BCUT2D eigenvalue weighted by atomic mass is 79.9. The highest BCUT2D eigenvalue weighted by Crippen LogP contribution is 2.36. The number of hydrogen-bond donors (Lipinski definition) is 1. The van der Waals surface area contributed by atoms with Crippen molar-refractivity contribution in [3.63, 3.8) is 0 Å². The first-order chi connectivity index (χ1) is 9.11. The van der Waals surface area contributed by atoms with Crippen molar-refractivity contribution in [2.24, 2.45) is 11.7 Å². The van der Waals surface area contributed by atoms with E-state index in [1.165, 1.54) is 4.88 Å². The van der Waals surface area contributed by atoms with E-state index in [0.29, 0.717) is 12.5 Å². The summed E-state index contributed by atoms with van der Waals surface area (Å²) in [5, 5.41) is 0. The predicted octanol–water partition coefficient (Wildman–Crippen LogP) is 3.52. The molecule has 0 amide bonds. The summed E-state index contributed by atoms with van der Waals surface area (Å²) in [5.74, 6) is 0.715. The third kappa shape index (κ3) is 4.16. The zero-order valence-corrected chi connectivity index (χ0v) is 14.2. The van der Waals surface area contributed by atoms with Crippen LogP contribution in [0.1, 0.15) is 23.8 Å². The van der Waals surface area contributed by atoms with Gasteiger partial charge < -0.3 is 10.5 Å². The molecule has 1 saturated heterocycles. The fourth-order valence-corrected chi connectivity index (χ4v) is 4.42. The topological polar surface area (TPSA) is 38.5 Å². The second-order valence-corrected chi connectivity index (χ2v) is 7.56. The summed E-state index contributed by atoms with van der Waals surface area (Å²) in [4.78, 5) is 3.58.